The van der Waals surface area contributed by atoms with Gasteiger partial charge in [-0.15, -0.1) is 0 Å². The molecule has 1 heterocycles. The molecule has 2 rings (SSSR count). The highest BCUT2D eigenvalue weighted by atomic mass is 32.2. The first kappa shape index (κ1) is 19.7. The second kappa shape index (κ2) is 7.33. The number of hydrogen-bond donors (Lipinski definition) is 0. The third kappa shape index (κ3) is 4.33. The van der Waals surface area contributed by atoms with Gasteiger partial charge in [0.25, 0.3) is 0 Å². The van der Waals surface area contributed by atoms with E-state index < -0.39 is 21.8 Å². The van der Waals surface area contributed by atoms with Crippen LogP contribution < -0.4 is 0 Å². The van der Waals surface area contributed by atoms with Crippen molar-refractivity contribution in [1.82, 2.24) is 9.21 Å². The Morgan fingerprint density at radius 2 is 1.84 bits per heavy atom. The number of alkyl halides is 3. The Kier molecular flexibility index (Phi) is 5.78. The molecule has 1 unspecified atom stereocenters. The molecule has 1 aliphatic heterocycles. The number of halogens is 3. The number of sulfonamides is 1. The van der Waals surface area contributed by atoms with Crippen molar-refractivity contribution in [3.05, 3.63) is 29.8 Å². The molecule has 0 radical (unpaired) electrons. The molecule has 0 spiro atoms. The van der Waals surface area contributed by atoms with Crippen LogP contribution in [0.3, 0.4) is 0 Å². The van der Waals surface area contributed by atoms with Crippen molar-refractivity contribution in [2.45, 2.75) is 43.8 Å². The summed E-state index contributed by atoms with van der Waals surface area (Å²) in [4.78, 5) is 13.2. The van der Waals surface area contributed by atoms with Crippen LogP contribution in [0.4, 0.5) is 13.2 Å². The van der Waals surface area contributed by atoms with Crippen LogP contribution in [0.5, 0.6) is 0 Å². The summed E-state index contributed by atoms with van der Waals surface area (Å²) in [6, 6.07) is 3.15. The van der Waals surface area contributed by atoms with Crippen molar-refractivity contribution in [1.29, 1.82) is 0 Å². The molecule has 1 amide bonds. The Morgan fingerprint density at radius 3 is 2.28 bits per heavy atom. The van der Waals surface area contributed by atoms with Crippen molar-refractivity contribution in [2.75, 3.05) is 19.6 Å². The molecular weight excluding hydrogens is 357 g/mol. The van der Waals surface area contributed by atoms with Gasteiger partial charge in [0.15, 0.2) is 0 Å². The van der Waals surface area contributed by atoms with Crippen LogP contribution in [0.25, 0.3) is 0 Å². The van der Waals surface area contributed by atoms with E-state index >= 15 is 0 Å². The molecule has 25 heavy (non-hydrogen) atoms. The molecule has 0 bridgehead atoms. The van der Waals surface area contributed by atoms with Crippen LogP contribution in [-0.4, -0.2) is 49.2 Å². The number of benzene rings is 1. The second-order valence-electron chi connectivity index (χ2n) is 6.02. The normalized spacial score (nSPS) is 17.4. The summed E-state index contributed by atoms with van der Waals surface area (Å²) >= 11 is 0. The van der Waals surface area contributed by atoms with Crippen LogP contribution in [-0.2, 0) is 21.0 Å². The van der Waals surface area contributed by atoms with E-state index in [1.807, 2.05) is 0 Å². The largest absolute Gasteiger partial charge is 0.416 e. The van der Waals surface area contributed by atoms with Gasteiger partial charge < -0.3 is 4.90 Å². The summed E-state index contributed by atoms with van der Waals surface area (Å²) in [7, 11) is -3.93. The lowest BCUT2D eigenvalue weighted by Gasteiger charge is -2.29. The maximum atomic E-state index is 12.7. The van der Waals surface area contributed by atoms with Gasteiger partial charge in [-0.1, -0.05) is 6.92 Å². The van der Waals surface area contributed by atoms with Gasteiger partial charge in [0.1, 0.15) is 0 Å². The molecule has 1 aromatic carbocycles. The van der Waals surface area contributed by atoms with Gasteiger partial charge in [0.2, 0.25) is 15.9 Å². The van der Waals surface area contributed by atoms with E-state index in [0.717, 1.165) is 30.7 Å². The molecular formula is C16H21F3N2O3S. The van der Waals surface area contributed by atoms with Crippen molar-refractivity contribution in [3.63, 3.8) is 0 Å². The molecule has 1 fully saturated rings. The highest BCUT2D eigenvalue weighted by molar-refractivity contribution is 7.89. The Morgan fingerprint density at radius 1 is 1.24 bits per heavy atom. The van der Waals surface area contributed by atoms with Crippen LogP contribution in [0.15, 0.2) is 29.2 Å². The van der Waals surface area contributed by atoms with Crippen molar-refractivity contribution < 1.29 is 26.4 Å². The van der Waals surface area contributed by atoms with E-state index in [1.165, 1.54) is 4.31 Å². The zero-order valence-electron chi connectivity index (χ0n) is 14.1. The summed E-state index contributed by atoms with van der Waals surface area (Å²) in [6.07, 6.45) is -3.31. The van der Waals surface area contributed by atoms with E-state index in [1.54, 1.807) is 18.7 Å². The number of carbonyl (C=O) groups excluding carboxylic acids is 1. The van der Waals surface area contributed by atoms with E-state index in [2.05, 4.69) is 0 Å². The maximum absolute atomic E-state index is 12.7. The Labute approximate surface area is 145 Å². The minimum absolute atomic E-state index is 0.00418. The number of hydrogen-bond acceptors (Lipinski definition) is 3. The maximum Gasteiger partial charge on any atom is 0.416 e. The average Bonchev–Trinajstić information content (AvgIpc) is 2.97. The molecule has 140 valence electrons. The molecule has 0 aliphatic carbocycles. The number of carbonyl (C=O) groups is 1. The Hall–Kier alpha value is -1.61. The van der Waals surface area contributed by atoms with Crippen LogP contribution in [0.2, 0.25) is 0 Å². The lowest BCUT2D eigenvalue weighted by Crippen LogP contribution is -2.44. The highest BCUT2D eigenvalue weighted by Gasteiger charge is 2.33. The number of likely N-dealkylation sites (tertiary alicyclic amines) is 1. The quantitative estimate of drug-likeness (QED) is 0.765. The minimum atomic E-state index is -4.52. The Bertz CT molecular complexity index is 717. The summed E-state index contributed by atoms with van der Waals surface area (Å²) < 4.78 is 64.5. The summed E-state index contributed by atoms with van der Waals surface area (Å²) in [5.74, 6) is -0.00418. The topological polar surface area (TPSA) is 57.7 Å². The third-order valence-corrected chi connectivity index (χ3v) is 6.24. The van der Waals surface area contributed by atoms with E-state index in [0.29, 0.717) is 13.0 Å². The van der Waals surface area contributed by atoms with Crippen molar-refractivity contribution in [3.8, 4) is 0 Å². The van der Waals surface area contributed by atoms with E-state index in [-0.39, 0.29) is 29.9 Å². The molecule has 0 aromatic heterocycles. The lowest BCUT2D eigenvalue weighted by atomic mass is 10.2. The van der Waals surface area contributed by atoms with Gasteiger partial charge in [-0.25, -0.2) is 8.42 Å². The molecule has 1 aromatic rings. The first-order valence-corrected chi connectivity index (χ1v) is 9.48. The van der Waals surface area contributed by atoms with Gasteiger partial charge in [-0.05, 0) is 37.6 Å². The van der Waals surface area contributed by atoms with Crippen LogP contribution >= 0.6 is 0 Å². The number of likely N-dealkylation sites (N-methyl/N-ethyl adjacent to an activating group) is 1. The van der Waals surface area contributed by atoms with Crippen molar-refractivity contribution in [2.24, 2.45) is 0 Å². The predicted molar refractivity (Wildman–Crippen MR) is 86.3 cm³/mol. The van der Waals surface area contributed by atoms with Gasteiger partial charge in [-0.2, -0.15) is 17.5 Å². The predicted octanol–water partition coefficient (Wildman–Crippen LogP) is 2.73. The first-order chi connectivity index (χ1) is 11.6. The molecule has 0 N–H and O–H groups in total. The average molecular weight is 378 g/mol. The fraction of sp³-hybridized carbons (Fsp3) is 0.562. The zero-order chi connectivity index (χ0) is 18.8. The van der Waals surface area contributed by atoms with Gasteiger partial charge >= 0.3 is 6.18 Å². The second-order valence-corrected chi connectivity index (χ2v) is 7.96. The Balaban J connectivity index is 2.19. The molecule has 5 nitrogen and oxygen atoms in total. The van der Waals surface area contributed by atoms with Gasteiger partial charge in [-0.3, -0.25) is 4.79 Å². The molecule has 1 atom stereocenters. The first-order valence-electron chi connectivity index (χ1n) is 8.04. The summed E-state index contributed by atoms with van der Waals surface area (Å²) in [5, 5.41) is 0. The molecule has 1 aliphatic rings. The molecule has 0 saturated carbocycles. The minimum Gasteiger partial charge on any atom is -0.339 e. The summed E-state index contributed by atoms with van der Waals surface area (Å²) in [5.41, 5.74) is -0.898. The van der Waals surface area contributed by atoms with Crippen LogP contribution in [0.1, 0.15) is 32.3 Å². The highest BCUT2D eigenvalue weighted by Crippen LogP contribution is 2.30. The smallest absolute Gasteiger partial charge is 0.339 e. The van der Waals surface area contributed by atoms with Crippen molar-refractivity contribution >= 4 is 15.9 Å². The number of nitrogens with zero attached hydrogens (tertiary/aromatic N) is 2. The number of rotatable bonds is 6. The molecule has 1 saturated heterocycles. The monoisotopic (exact) mass is 378 g/mol. The third-order valence-electron chi connectivity index (χ3n) is 4.28. The SMILES string of the molecule is CCN(CC(C)N1CCCC1=O)S(=O)(=O)c1ccc(C(F)(F)F)cc1. The van der Waals surface area contributed by atoms with Crippen LogP contribution in [0, 0.1) is 0 Å². The van der Waals surface area contributed by atoms with Gasteiger partial charge in [0, 0.05) is 32.1 Å². The zero-order valence-corrected chi connectivity index (χ0v) is 14.9. The molecule has 9 heteroatoms. The number of amides is 1. The van der Waals surface area contributed by atoms with Gasteiger partial charge in [0.05, 0.1) is 10.5 Å². The van der Waals surface area contributed by atoms with E-state index in [4.69, 9.17) is 0 Å². The summed E-state index contributed by atoms with van der Waals surface area (Å²) in [6.45, 7) is 4.29. The fourth-order valence-electron chi connectivity index (χ4n) is 2.89. The van der Waals surface area contributed by atoms with E-state index in [9.17, 15) is 26.4 Å². The standard InChI is InChI=1S/C16H21F3N2O3S/c1-3-20(11-12(2)21-10-4-5-15(21)22)25(23,24)14-8-6-13(7-9-14)16(17,18)19/h6-9,12H,3-5,10-11H2,1-2H3. The lowest BCUT2D eigenvalue weighted by molar-refractivity contribution is -0.137. The fourth-order valence-corrected chi connectivity index (χ4v) is 4.42.